The van der Waals surface area contributed by atoms with Crippen LogP contribution in [0.25, 0.3) is 0 Å². The number of nitrogen functional groups attached to an aromatic ring is 1. The summed E-state index contributed by atoms with van der Waals surface area (Å²) < 4.78 is 4.38. The monoisotopic (exact) mass is 83.0 g/mol. The van der Waals surface area contributed by atoms with E-state index in [1.807, 2.05) is 0 Å². The van der Waals surface area contributed by atoms with Crippen molar-refractivity contribution in [3.63, 3.8) is 0 Å². The van der Waals surface area contributed by atoms with Gasteiger partial charge in [-0.15, -0.1) is 0 Å². The SMILES string of the molecule is Nc1cn[c]o1. The van der Waals surface area contributed by atoms with Gasteiger partial charge in [0.15, 0.2) is 0 Å². The van der Waals surface area contributed by atoms with Crippen LogP contribution in [0.3, 0.4) is 0 Å². The molecule has 0 saturated carbocycles. The van der Waals surface area contributed by atoms with Crippen LogP contribution in [-0.2, 0) is 0 Å². The summed E-state index contributed by atoms with van der Waals surface area (Å²) in [5.74, 6) is 0.301. The van der Waals surface area contributed by atoms with Crippen molar-refractivity contribution < 1.29 is 4.42 Å². The number of rotatable bonds is 0. The number of nitrogens with zero attached hydrogens (tertiary/aromatic N) is 1. The van der Waals surface area contributed by atoms with Gasteiger partial charge in [-0.2, -0.15) is 0 Å². The quantitative estimate of drug-likeness (QED) is 0.482. The van der Waals surface area contributed by atoms with Gasteiger partial charge in [0.05, 0.1) is 6.20 Å². The second kappa shape index (κ2) is 1.01. The zero-order valence-corrected chi connectivity index (χ0v) is 3.01. The summed E-state index contributed by atoms with van der Waals surface area (Å²) in [5.41, 5.74) is 5.02. The number of hydrogen-bond donors (Lipinski definition) is 1. The highest BCUT2D eigenvalue weighted by molar-refractivity contribution is 5.14. The third kappa shape index (κ3) is 0.337. The fourth-order valence-corrected chi connectivity index (χ4v) is 0.195. The molecule has 0 saturated heterocycles. The van der Waals surface area contributed by atoms with Crippen molar-refractivity contribution in [1.82, 2.24) is 4.98 Å². The van der Waals surface area contributed by atoms with Gasteiger partial charge in [0.25, 0.3) is 6.39 Å². The minimum Gasteiger partial charge on any atom is -0.417 e. The van der Waals surface area contributed by atoms with Crippen LogP contribution in [0.1, 0.15) is 0 Å². The van der Waals surface area contributed by atoms with Crippen molar-refractivity contribution in [1.29, 1.82) is 0 Å². The molecule has 0 aliphatic heterocycles. The highest BCUT2D eigenvalue weighted by atomic mass is 16.3. The van der Waals surface area contributed by atoms with E-state index < -0.39 is 0 Å². The Morgan fingerprint density at radius 3 is 3.00 bits per heavy atom. The van der Waals surface area contributed by atoms with Crippen LogP contribution in [0.2, 0.25) is 0 Å². The van der Waals surface area contributed by atoms with Crippen LogP contribution in [0.15, 0.2) is 10.6 Å². The first-order chi connectivity index (χ1) is 2.89. The fourth-order valence-electron chi connectivity index (χ4n) is 0.195. The molecule has 0 fully saturated rings. The summed E-state index contributed by atoms with van der Waals surface area (Å²) in [4.78, 5) is 3.41. The molecule has 3 nitrogen and oxygen atoms in total. The van der Waals surface area contributed by atoms with Crippen molar-refractivity contribution in [2.45, 2.75) is 0 Å². The third-order valence-corrected chi connectivity index (χ3v) is 0.408. The molecule has 1 aromatic heterocycles. The smallest absolute Gasteiger partial charge is 0.285 e. The Hall–Kier alpha value is -0.990. The van der Waals surface area contributed by atoms with E-state index in [-0.39, 0.29) is 0 Å². The van der Waals surface area contributed by atoms with Gasteiger partial charge in [-0.3, -0.25) is 0 Å². The fraction of sp³-hybridized carbons (Fsp3) is 0. The summed E-state index contributed by atoms with van der Waals surface area (Å²) in [6.45, 7) is 0. The van der Waals surface area contributed by atoms with E-state index >= 15 is 0 Å². The van der Waals surface area contributed by atoms with Gasteiger partial charge in [0.2, 0.25) is 5.88 Å². The van der Waals surface area contributed by atoms with Gasteiger partial charge in [-0.05, 0) is 0 Å². The molecule has 0 unspecified atom stereocenters. The molecule has 31 valence electrons. The number of anilines is 1. The van der Waals surface area contributed by atoms with E-state index in [0.29, 0.717) is 5.88 Å². The lowest BCUT2D eigenvalue weighted by molar-refractivity contribution is 0.566. The number of hydrogen-bond acceptors (Lipinski definition) is 3. The Morgan fingerprint density at radius 1 is 2.00 bits per heavy atom. The van der Waals surface area contributed by atoms with Crippen molar-refractivity contribution in [3.05, 3.63) is 12.6 Å². The average Bonchev–Trinajstić information content (AvgIpc) is 1.86. The molecule has 0 atom stereocenters. The van der Waals surface area contributed by atoms with Crippen LogP contribution in [-0.4, -0.2) is 4.98 Å². The molecule has 1 heterocycles. The summed E-state index contributed by atoms with van der Waals surface area (Å²) >= 11 is 0. The zero-order valence-electron chi connectivity index (χ0n) is 3.01. The van der Waals surface area contributed by atoms with E-state index in [1.165, 1.54) is 6.20 Å². The van der Waals surface area contributed by atoms with Crippen molar-refractivity contribution in [3.8, 4) is 0 Å². The first kappa shape index (κ1) is 3.21. The molecule has 1 radical (unpaired) electrons. The molecular weight excluding hydrogens is 80.0 g/mol. The van der Waals surface area contributed by atoms with Crippen molar-refractivity contribution in [2.75, 3.05) is 5.73 Å². The topological polar surface area (TPSA) is 52.0 Å². The highest BCUT2D eigenvalue weighted by Gasteiger charge is 1.79. The second-order valence-corrected chi connectivity index (χ2v) is 0.854. The maximum absolute atomic E-state index is 5.02. The second-order valence-electron chi connectivity index (χ2n) is 0.854. The van der Waals surface area contributed by atoms with Crippen LogP contribution in [0.4, 0.5) is 5.88 Å². The zero-order chi connectivity index (χ0) is 4.41. The van der Waals surface area contributed by atoms with Crippen LogP contribution in [0, 0.1) is 6.39 Å². The lowest BCUT2D eigenvalue weighted by Gasteiger charge is -1.67. The minimum absolute atomic E-state index is 0.301. The Kier molecular flexibility index (Phi) is 0.538. The summed E-state index contributed by atoms with van der Waals surface area (Å²) in [7, 11) is 0. The van der Waals surface area contributed by atoms with Gasteiger partial charge in [-0.25, -0.2) is 4.98 Å². The minimum atomic E-state index is 0.301. The third-order valence-electron chi connectivity index (χ3n) is 0.408. The molecule has 0 bridgehead atoms. The van der Waals surface area contributed by atoms with Gasteiger partial charge < -0.3 is 10.2 Å². The lowest BCUT2D eigenvalue weighted by atomic mass is 10.9. The first-order valence-corrected chi connectivity index (χ1v) is 1.47. The lowest BCUT2D eigenvalue weighted by Crippen LogP contribution is -1.75. The van der Waals surface area contributed by atoms with Gasteiger partial charge >= 0.3 is 0 Å². The van der Waals surface area contributed by atoms with E-state index in [0.717, 1.165) is 0 Å². The van der Waals surface area contributed by atoms with Gasteiger partial charge in [0.1, 0.15) is 0 Å². The Morgan fingerprint density at radius 2 is 2.83 bits per heavy atom. The summed E-state index contributed by atoms with van der Waals surface area (Å²) in [6.07, 6.45) is 3.57. The number of nitrogens with two attached hydrogens (primary N) is 1. The molecule has 6 heavy (non-hydrogen) atoms. The standard InChI is InChI=1S/C3H3N2O/c4-3-1-5-2-6-3/h1H,4H2. The van der Waals surface area contributed by atoms with E-state index in [9.17, 15) is 0 Å². The van der Waals surface area contributed by atoms with Crippen LogP contribution >= 0.6 is 0 Å². The molecule has 1 rings (SSSR count). The van der Waals surface area contributed by atoms with E-state index in [1.54, 1.807) is 0 Å². The molecule has 2 N–H and O–H groups in total. The molecule has 0 amide bonds. The Balaban J connectivity index is 3.05. The molecule has 0 aliphatic carbocycles. The molecule has 1 aromatic rings. The van der Waals surface area contributed by atoms with Gasteiger partial charge in [0, 0.05) is 0 Å². The maximum atomic E-state index is 5.02. The van der Waals surface area contributed by atoms with Gasteiger partial charge in [-0.1, -0.05) is 0 Å². The van der Waals surface area contributed by atoms with E-state index in [4.69, 9.17) is 5.73 Å². The molecule has 0 aliphatic rings. The maximum Gasteiger partial charge on any atom is 0.285 e. The molecule has 3 heteroatoms. The first-order valence-electron chi connectivity index (χ1n) is 1.47. The van der Waals surface area contributed by atoms with Crippen LogP contribution < -0.4 is 5.73 Å². The molecular formula is C3H3N2O. The predicted octanol–water partition coefficient (Wildman–Crippen LogP) is 0.0570. The average molecular weight is 83.1 g/mol. The molecule has 0 aromatic carbocycles. The largest absolute Gasteiger partial charge is 0.417 e. The summed E-state index contributed by atoms with van der Waals surface area (Å²) in [6, 6.07) is 0. The number of oxazole rings is 1. The van der Waals surface area contributed by atoms with E-state index in [2.05, 4.69) is 15.8 Å². The Bertz CT molecular complexity index is 112. The molecule has 0 spiro atoms. The van der Waals surface area contributed by atoms with Crippen molar-refractivity contribution >= 4 is 5.88 Å². The normalized spacial score (nSPS) is 8.67. The highest BCUT2D eigenvalue weighted by Crippen LogP contribution is 1.91. The van der Waals surface area contributed by atoms with Crippen LogP contribution in [0.5, 0.6) is 0 Å². The Labute approximate surface area is 34.8 Å². The number of aromatic nitrogens is 1. The predicted molar refractivity (Wildman–Crippen MR) is 19.8 cm³/mol. The van der Waals surface area contributed by atoms with Crippen molar-refractivity contribution in [2.24, 2.45) is 0 Å². The summed E-state index contributed by atoms with van der Waals surface area (Å²) in [5, 5.41) is 0.